The second-order valence-corrected chi connectivity index (χ2v) is 5.12. The Kier molecular flexibility index (Phi) is 4.56. The van der Waals surface area contributed by atoms with Crippen LogP contribution in [-0.2, 0) is 11.3 Å². The minimum Gasteiger partial charge on any atom is -0.383 e. The molecule has 0 aromatic carbocycles. The third-order valence-corrected chi connectivity index (χ3v) is 3.46. The Morgan fingerprint density at radius 3 is 3.18 bits per heavy atom. The first-order chi connectivity index (χ1) is 8.31. The number of thiophene rings is 1. The van der Waals surface area contributed by atoms with Crippen LogP contribution in [0.15, 0.2) is 17.6 Å². The molecule has 92 valence electrons. The van der Waals surface area contributed by atoms with Crippen LogP contribution in [0.2, 0.25) is 4.34 Å². The molecule has 17 heavy (non-hydrogen) atoms. The average Bonchev–Trinajstić information content (AvgIpc) is 2.93. The van der Waals surface area contributed by atoms with E-state index >= 15 is 0 Å². The van der Waals surface area contributed by atoms with Gasteiger partial charge >= 0.3 is 0 Å². The minimum absolute atomic E-state index is 0.706. The maximum atomic E-state index is 5.93. The van der Waals surface area contributed by atoms with E-state index in [2.05, 4.69) is 15.5 Å². The molecule has 2 aromatic heterocycles. The SMILES string of the molecule is COCCNCc1cn[nH]c1-c1csc(Cl)c1. The second-order valence-electron chi connectivity index (χ2n) is 3.58. The maximum absolute atomic E-state index is 5.93. The summed E-state index contributed by atoms with van der Waals surface area (Å²) in [5.41, 5.74) is 3.25. The lowest BCUT2D eigenvalue weighted by atomic mass is 10.1. The molecular formula is C11H14ClN3OS. The highest BCUT2D eigenvalue weighted by molar-refractivity contribution is 7.14. The molecule has 0 saturated carbocycles. The van der Waals surface area contributed by atoms with E-state index in [0.29, 0.717) is 6.61 Å². The van der Waals surface area contributed by atoms with E-state index in [-0.39, 0.29) is 0 Å². The van der Waals surface area contributed by atoms with Crippen molar-refractivity contribution in [2.45, 2.75) is 6.54 Å². The Labute approximate surface area is 109 Å². The number of ether oxygens (including phenoxy) is 1. The number of hydrogen-bond acceptors (Lipinski definition) is 4. The highest BCUT2D eigenvalue weighted by atomic mass is 35.5. The van der Waals surface area contributed by atoms with Gasteiger partial charge in [-0.2, -0.15) is 5.10 Å². The Bertz CT molecular complexity index is 469. The molecule has 0 amide bonds. The van der Waals surface area contributed by atoms with Crippen molar-refractivity contribution in [3.05, 3.63) is 27.5 Å². The number of hydrogen-bond donors (Lipinski definition) is 2. The lowest BCUT2D eigenvalue weighted by Crippen LogP contribution is -2.18. The summed E-state index contributed by atoms with van der Waals surface area (Å²) in [6, 6.07) is 1.94. The van der Waals surface area contributed by atoms with Crippen LogP contribution in [0.1, 0.15) is 5.56 Å². The fourth-order valence-electron chi connectivity index (χ4n) is 1.53. The summed E-state index contributed by atoms with van der Waals surface area (Å²) < 4.78 is 5.76. The van der Waals surface area contributed by atoms with E-state index in [1.54, 1.807) is 7.11 Å². The van der Waals surface area contributed by atoms with Crippen LogP contribution in [-0.4, -0.2) is 30.5 Å². The molecule has 0 bridgehead atoms. The van der Waals surface area contributed by atoms with E-state index in [0.717, 1.165) is 34.2 Å². The molecular weight excluding hydrogens is 258 g/mol. The minimum atomic E-state index is 0.706. The van der Waals surface area contributed by atoms with E-state index in [1.807, 2.05) is 17.6 Å². The fraction of sp³-hybridized carbons (Fsp3) is 0.364. The van der Waals surface area contributed by atoms with Gasteiger partial charge in [-0.3, -0.25) is 5.10 Å². The highest BCUT2D eigenvalue weighted by Gasteiger charge is 2.08. The molecule has 0 radical (unpaired) electrons. The third-order valence-electron chi connectivity index (χ3n) is 2.37. The van der Waals surface area contributed by atoms with Gasteiger partial charge in [0, 0.05) is 36.7 Å². The largest absolute Gasteiger partial charge is 0.383 e. The van der Waals surface area contributed by atoms with Crippen LogP contribution < -0.4 is 5.32 Å². The summed E-state index contributed by atoms with van der Waals surface area (Å²) in [6.45, 7) is 2.30. The van der Waals surface area contributed by atoms with Gasteiger partial charge in [-0.1, -0.05) is 11.6 Å². The number of halogens is 1. The van der Waals surface area contributed by atoms with E-state index in [4.69, 9.17) is 16.3 Å². The molecule has 0 spiro atoms. The molecule has 0 atom stereocenters. The average molecular weight is 272 g/mol. The molecule has 2 rings (SSSR count). The molecule has 0 aliphatic rings. The predicted molar refractivity (Wildman–Crippen MR) is 70.5 cm³/mol. The summed E-state index contributed by atoms with van der Waals surface area (Å²) in [7, 11) is 1.69. The van der Waals surface area contributed by atoms with Gasteiger partial charge in [0.2, 0.25) is 0 Å². The molecule has 0 aliphatic carbocycles. The molecule has 2 N–H and O–H groups in total. The van der Waals surface area contributed by atoms with Crippen LogP contribution in [0.25, 0.3) is 11.3 Å². The van der Waals surface area contributed by atoms with E-state index in [9.17, 15) is 0 Å². The van der Waals surface area contributed by atoms with Crippen molar-refractivity contribution in [2.75, 3.05) is 20.3 Å². The fourth-order valence-corrected chi connectivity index (χ4v) is 2.41. The van der Waals surface area contributed by atoms with Crippen molar-refractivity contribution in [2.24, 2.45) is 0 Å². The summed E-state index contributed by atoms with van der Waals surface area (Å²) in [6.07, 6.45) is 1.83. The molecule has 0 aliphatic heterocycles. The van der Waals surface area contributed by atoms with Gasteiger partial charge in [0.05, 0.1) is 22.8 Å². The molecule has 2 aromatic rings. The molecule has 0 unspecified atom stereocenters. The molecule has 6 heteroatoms. The Morgan fingerprint density at radius 1 is 1.59 bits per heavy atom. The van der Waals surface area contributed by atoms with E-state index in [1.165, 1.54) is 11.3 Å². The zero-order valence-electron chi connectivity index (χ0n) is 9.50. The number of methoxy groups -OCH3 is 1. The normalized spacial score (nSPS) is 10.9. The maximum Gasteiger partial charge on any atom is 0.0935 e. The number of nitrogens with one attached hydrogen (secondary N) is 2. The standard InChI is InChI=1S/C11H14ClN3OS/c1-16-3-2-13-5-9-6-14-15-11(9)8-4-10(12)17-7-8/h4,6-7,13H,2-3,5H2,1H3,(H,14,15). The van der Waals surface area contributed by atoms with Gasteiger partial charge in [0.25, 0.3) is 0 Å². The number of H-pyrrole nitrogens is 1. The van der Waals surface area contributed by atoms with Crippen LogP contribution >= 0.6 is 22.9 Å². The van der Waals surface area contributed by atoms with Crippen molar-refractivity contribution in [1.29, 1.82) is 0 Å². The zero-order valence-corrected chi connectivity index (χ0v) is 11.1. The van der Waals surface area contributed by atoms with Gasteiger partial charge in [-0.15, -0.1) is 11.3 Å². The van der Waals surface area contributed by atoms with Gasteiger partial charge < -0.3 is 10.1 Å². The van der Waals surface area contributed by atoms with E-state index < -0.39 is 0 Å². The molecule has 0 saturated heterocycles. The van der Waals surface area contributed by atoms with Gasteiger partial charge in [-0.25, -0.2) is 0 Å². The topological polar surface area (TPSA) is 49.9 Å². The lowest BCUT2D eigenvalue weighted by molar-refractivity contribution is 0.199. The highest BCUT2D eigenvalue weighted by Crippen LogP contribution is 2.29. The van der Waals surface area contributed by atoms with Crippen LogP contribution in [0.5, 0.6) is 0 Å². The first-order valence-corrected chi connectivity index (χ1v) is 6.53. The molecule has 4 nitrogen and oxygen atoms in total. The Morgan fingerprint density at radius 2 is 2.47 bits per heavy atom. The summed E-state index contributed by atoms with van der Waals surface area (Å²) in [4.78, 5) is 0. The monoisotopic (exact) mass is 271 g/mol. The van der Waals surface area contributed by atoms with Gasteiger partial charge in [0.15, 0.2) is 0 Å². The number of rotatable bonds is 6. The summed E-state index contributed by atoms with van der Waals surface area (Å²) in [5, 5.41) is 12.4. The Balaban J connectivity index is 2.02. The first-order valence-electron chi connectivity index (χ1n) is 5.27. The number of aromatic nitrogens is 2. The van der Waals surface area contributed by atoms with Crippen LogP contribution in [0.4, 0.5) is 0 Å². The zero-order chi connectivity index (χ0) is 12.1. The third kappa shape index (κ3) is 3.29. The van der Waals surface area contributed by atoms with Crippen LogP contribution in [0, 0.1) is 0 Å². The number of nitrogens with zero attached hydrogens (tertiary/aromatic N) is 1. The van der Waals surface area contributed by atoms with Crippen molar-refractivity contribution < 1.29 is 4.74 Å². The van der Waals surface area contributed by atoms with Crippen molar-refractivity contribution in [3.63, 3.8) is 0 Å². The quantitative estimate of drug-likeness (QED) is 0.794. The van der Waals surface area contributed by atoms with Gasteiger partial charge in [0.1, 0.15) is 0 Å². The predicted octanol–water partition coefficient (Wildman–Crippen LogP) is 2.53. The lowest BCUT2D eigenvalue weighted by Gasteiger charge is -2.03. The summed E-state index contributed by atoms with van der Waals surface area (Å²) >= 11 is 7.45. The first kappa shape index (κ1) is 12.6. The smallest absolute Gasteiger partial charge is 0.0935 e. The van der Waals surface area contributed by atoms with Crippen LogP contribution in [0.3, 0.4) is 0 Å². The molecule has 0 fully saturated rings. The van der Waals surface area contributed by atoms with Crippen molar-refractivity contribution >= 4 is 22.9 Å². The Hall–Kier alpha value is -0.880. The molecule has 2 heterocycles. The number of aromatic amines is 1. The van der Waals surface area contributed by atoms with Crippen molar-refractivity contribution in [1.82, 2.24) is 15.5 Å². The van der Waals surface area contributed by atoms with Crippen molar-refractivity contribution in [3.8, 4) is 11.3 Å². The van der Waals surface area contributed by atoms with Gasteiger partial charge in [-0.05, 0) is 6.07 Å². The second kappa shape index (κ2) is 6.16. The summed E-state index contributed by atoms with van der Waals surface area (Å²) in [5.74, 6) is 0.